The fourth-order valence-electron chi connectivity index (χ4n) is 3.85. The summed E-state index contributed by atoms with van der Waals surface area (Å²) in [6.07, 6.45) is 7.59. The third-order valence-corrected chi connectivity index (χ3v) is 4.89. The maximum Gasteiger partial charge on any atom is 0.407 e. The number of ether oxygens (including phenoxy) is 1. The number of fused-ring (bicyclic) bond motifs is 1. The number of nitrogens with one attached hydrogen (secondary N) is 3. The Balaban J connectivity index is 2.00. The third kappa shape index (κ3) is 2.98. The average molecular weight is 325 g/mol. The van der Waals surface area contributed by atoms with E-state index in [2.05, 4.69) is 46.7 Å². The Kier molecular flexibility index (Phi) is 4.77. The van der Waals surface area contributed by atoms with Crippen LogP contribution in [0.3, 0.4) is 0 Å². The van der Waals surface area contributed by atoms with Crippen LogP contribution in [0.2, 0.25) is 0 Å². The molecule has 0 radical (unpaired) electrons. The molecule has 0 bridgehead atoms. The Hall–Kier alpha value is -2.45. The van der Waals surface area contributed by atoms with Crippen LogP contribution in [0.1, 0.15) is 24.8 Å². The Labute approximate surface area is 142 Å². The van der Waals surface area contributed by atoms with Gasteiger partial charge in [0.25, 0.3) is 0 Å². The molecule has 0 spiro atoms. The van der Waals surface area contributed by atoms with E-state index in [0.29, 0.717) is 12.5 Å². The number of para-hydroxylation sites is 1. The maximum atomic E-state index is 11.8. The van der Waals surface area contributed by atoms with Crippen molar-refractivity contribution in [2.45, 2.75) is 31.4 Å². The van der Waals surface area contributed by atoms with Gasteiger partial charge in [0, 0.05) is 30.7 Å². The van der Waals surface area contributed by atoms with Gasteiger partial charge in [-0.2, -0.15) is 0 Å². The molecular weight excluding hydrogens is 302 g/mol. The molecule has 3 rings (SSSR count). The first-order valence-corrected chi connectivity index (χ1v) is 8.27. The van der Waals surface area contributed by atoms with Crippen molar-refractivity contribution in [2.24, 2.45) is 5.92 Å². The third-order valence-electron chi connectivity index (χ3n) is 4.89. The van der Waals surface area contributed by atoms with Crippen LogP contribution in [-0.4, -0.2) is 36.8 Å². The van der Waals surface area contributed by atoms with Crippen molar-refractivity contribution in [1.82, 2.24) is 15.6 Å². The lowest BCUT2D eigenvalue weighted by Crippen LogP contribution is -2.39. The highest BCUT2D eigenvalue weighted by atomic mass is 16.6. The standard InChI is InChI=1S/C19H23N3O2/c1-4-9-21-17-12(2)11-15(24-19(23)20-3)16(17)14-7-5-6-13-8-10-22-18(13)14/h1,5-8,10,12,15-17,21-22H,9,11H2,2-3H3,(H,20,23). The number of H-pyrrole nitrogens is 1. The van der Waals surface area contributed by atoms with Crippen LogP contribution in [0.5, 0.6) is 0 Å². The van der Waals surface area contributed by atoms with E-state index < -0.39 is 6.09 Å². The molecule has 1 aromatic carbocycles. The molecular formula is C19H23N3O2. The van der Waals surface area contributed by atoms with Gasteiger partial charge in [0.15, 0.2) is 0 Å². The van der Waals surface area contributed by atoms with Crippen molar-refractivity contribution in [3.63, 3.8) is 0 Å². The zero-order valence-corrected chi connectivity index (χ0v) is 14.0. The van der Waals surface area contributed by atoms with E-state index in [0.717, 1.165) is 22.9 Å². The van der Waals surface area contributed by atoms with Crippen molar-refractivity contribution in [1.29, 1.82) is 0 Å². The van der Waals surface area contributed by atoms with Crippen LogP contribution in [-0.2, 0) is 4.74 Å². The average Bonchev–Trinajstić information content (AvgIpc) is 3.17. The van der Waals surface area contributed by atoms with Crippen molar-refractivity contribution in [3.05, 3.63) is 36.0 Å². The van der Waals surface area contributed by atoms with E-state index >= 15 is 0 Å². The first-order chi connectivity index (χ1) is 11.7. The zero-order valence-electron chi connectivity index (χ0n) is 14.0. The lowest BCUT2D eigenvalue weighted by molar-refractivity contribution is 0.0907. The predicted molar refractivity (Wildman–Crippen MR) is 94.8 cm³/mol. The molecule has 1 aliphatic carbocycles. The summed E-state index contributed by atoms with van der Waals surface area (Å²) in [5, 5.41) is 7.15. The van der Waals surface area contributed by atoms with Gasteiger partial charge in [-0.05, 0) is 29.4 Å². The number of aromatic amines is 1. The Morgan fingerprint density at radius 2 is 2.29 bits per heavy atom. The molecule has 1 saturated carbocycles. The summed E-state index contributed by atoms with van der Waals surface area (Å²) in [5.41, 5.74) is 2.25. The van der Waals surface area contributed by atoms with Gasteiger partial charge < -0.3 is 20.4 Å². The number of alkyl carbamates (subject to hydrolysis) is 1. The smallest absolute Gasteiger partial charge is 0.407 e. The Bertz CT molecular complexity index is 761. The van der Waals surface area contributed by atoms with Crippen LogP contribution in [0.15, 0.2) is 30.5 Å². The highest BCUT2D eigenvalue weighted by molar-refractivity contribution is 5.83. The Morgan fingerprint density at radius 1 is 1.46 bits per heavy atom. The second-order valence-corrected chi connectivity index (χ2v) is 6.33. The fourth-order valence-corrected chi connectivity index (χ4v) is 3.85. The first kappa shape index (κ1) is 16.4. The van der Waals surface area contributed by atoms with Gasteiger partial charge in [0.2, 0.25) is 0 Å². The monoisotopic (exact) mass is 325 g/mol. The van der Waals surface area contributed by atoms with Crippen LogP contribution in [0.25, 0.3) is 10.9 Å². The maximum absolute atomic E-state index is 11.8. The summed E-state index contributed by atoms with van der Waals surface area (Å²) in [4.78, 5) is 15.1. The van der Waals surface area contributed by atoms with Gasteiger partial charge in [-0.25, -0.2) is 4.79 Å². The summed E-state index contributed by atoms with van der Waals surface area (Å²) in [6.45, 7) is 2.67. The lowest BCUT2D eigenvalue weighted by Gasteiger charge is -2.27. The van der Waals surface area contributed by atoms with E-state index in [4.69, 9.17) is 11.2 Å². The molecule has 5 nitrogen and oxygen atoms in total. The van der Waals surface area contributed by atoms with Gasteiger partial charge in [-0.15, -0.1) is 6.42 Å². The quantitative estimate of drug-likeness (QED) is 0.757. The number of aromatic nitrogens is 1. The van der Waals surface area contributed by atoms with E-state index in [-0.39, 0.29) is 18.1 Å². The van der Waals surface area contributed by atoms with Crippen molar-refractivity contribution in [3.8, 4) is 12.3 Å². The number of hydrogen-bond acceptors (Lipinski definition) is 3. The second kappa shape index (κ2) is 6.98. The lowest BCUT2D eigenvalue weighted by atomic mass is 9.89. The minimum absolute atomic E-state index is 0.0491. The number of terminal acetylenes is 1. The van der Waals surface area contributed by atoms with Gasteiger partial charge >= 0.3 is 6.09 Å². The molecule has 1 aromatic heterocycles. The predicted octanol–water partition coefficient (Wildman–Crippen LogP) is 2.61. The molecule has 1 heterocycles. The minimum atomic E-state index is -0.395. The van der Waals surface area contributed by atoms with Gasteiger partial charge in [0.05, 0.1) is 6.54 Å². The summed E-state index contributed by atoms with van der Waals surface area (Å²) in [5.74, 6) is 3.05. The molecule has 4 atom stereocenters. The molecule has 1 amide bonds. The normalized spacial score (nSPS) is 26.2. The molecule has 0 saturated heterocycles. The summed E-state index contributed by atoms with van der Waals surface area (Å²) in [6, 6.07) is 8.43. The molecule has 2 aromatic rings. The van der Waals surface area contributed by atoms with Crippen molar-refractivity contribution in [2.75, 3.05) is 13.6 Å². The number of rotatable bonds is 4. The summed E-state index contributed by atoms with van der Waals surface area (Å²) in [7, 11) is 1.58. The molecule has 24 heavy (non-hydrogen) atoms. The van der Waals surface area contributed by atoms with E-state index in [9.17, 15) is 4.79 Å². The molecule has 3 N–H and O–H groups in total. The van der Waals surface area contributed by atoms with Crippen LogP contribution >= 0.6 is 0 Å². The minimum Gasteiger partial charge on any atom is -0.446 e. The van der Waals surface area contributed by atoms with Crippen molar-refractivity contribution >= 4 is 17.0 Å². The highest BCUT2D eigenvalue weighted by Crippen LogP contribution is 2.42. The number of benzene rings is 1. The topological polar surface area (TPSA) is 66.2 Å². The molecule has 126 valence electrons. The number of hydrogen-bond donors (Lipinski definition) is 3. The van der Waals surface area contributed by atoms with Gasteiger partial charge in [0.1, 0.15) is 6.10 Å². The molecule has 0 aliphatic heterocycles. The molecule has 5 heteroatoms. The SMILES string of the molecule is C#CCNC1C(C)CC(OC(=O)NC)C1c1cccc2cc[nH]c12. The first-order valence-electron chi connectivity index (χ1n) is 8.27. The fraction of sp³-hybridized carbons (Fsp3) is 0.421. The molecule has 1 aliphatic rings. The zero-order chi connectivity index (χ0) is 17.1. The Morgan fingerprint density at radius 3 is 3.04 bits per heavy atom. The summed E-state index contributed by atoms with van der Waals surface area (Å²) < 4.78 is 5.68. The van der Waals surface area contributed by atoms with Gasteiger partial charge in [-0.3, -0.25) is 0 Å². The largest absolute Gasteiger partial charge is 0.446 e. The van der Waals surface area contributed by atoms with E-state index in [1.165, 1.54) is 0 Å². The van der Waals surface area contributed by atoms with E-state index in [1.54, 1.807) is 7.05 Å². The summed E-state index contributed by atoms with van der Waals surface area (Å²) >= 11 is 0. The van der Waals surface area contributed by atoms with E-state index in [1.807, 2.05) is 12.3 Å². The van der Waals surface area contributed by atoms with Crippen LogP contribution in [0.4, 0.5) is 4.79 Å². The highest BCUT2D eigenvalue weighted by Gasteiger charge is 2.44. The van der Waals surface area contributed by atoms with Crippen LogP contribution < -0.4 is 10.6 Å². The van der Waals surface area contributed by atoms with Crippen molar-refractivity contribution < 1.29 is 9.53 Å². The number of amides is 1. The van der Waals surface area contributed by atoms with Crippen LogP contribution in [0, 0.1) is 18.3 Å². The number of carbonyl (C=O) groups excluding carboxylic acids is 1. The molecule has 4 unspecified atom stereocenters. The second-order valence-electron chi connectivity index (χ2n) is 6.33. The van der Waals surface area contributed by atoms with Gasteiger partial charge in [-0.1, -0.05) is 31.0 Å². The molecule has 1 fully saturated rings. The number of carbonyl (C=O) groups is 1.